The minimum Gasteiger partial charge on any atom is -0.493 e. The number of imide groups is 1. The summed E-state index contributed by atoms with van der Waals surface area (Å²) < 4.78 is 10.7. The Hall–Kier alpha value is -3.55. The van der Waals surface area contributed by atoms with Crippen molar-refractivity contribution in [2.24, 2.45) is 0 Å². The van der Waals surface area contributed by atoms with Gasteiger partial charge in [-0.25, -0.2) is 4.79 Å². The first-order valence-electron chi connectivity index (χ1n) is 10.7. The van der Waals surface area contributed by atoms with Crippen LogP contribution in [0.5, 0.6) is 11.5 Å². The maximum atomic E-state index is 12.9. The fourth-order valence-electron chi connectivity index (χ4n) is 4.21. The molecule has 8 heteroatoms. The van der Waals surface area contributed by atoms with Crippen molar-refractivity contribution in [1.29, 1.82) is 0 Å². The standard InChI is InChI=1S/C24H27N3O5/c1-31-20-12-17-9-10-26(15-18(17)13-21(20)32-2)22(28)14-19-23(29)27(24(30)25-19)11-8-16-6-4-3-5-7-16/h3-7,12-13,19H,8-11,14-15H2,1-2H3,(H,25,30). The fourth-order valence-corrected chi connectivity index (χ4v) is 4.21. The Morgan fingerprint density at radius 3 is 2.44 bits per heavy atom. The minimum absolute atomic E-state index is 0.0466. The predicted molar refractivity (Wildman–Crippen MR) is 117 cm³/mol. The van der Waals surface area contributed by atoms with Crippen LogP contribution in [0, 0.1) is 0 Å². The van der Waals surface area contributed by atoms with Crippen LogP contribution in [0.2, 0.25) is 0 Å². The smallest absolute Gasteiger partial charge is 0.324 e. The number of rotatable bonds is 7. The third kappa shape index (κ3) is 4.39. The lowest BCUT2D eigenvalue weighted by molar-refractivity contribution is -0.136. The molecule has 8 nitrogen and oxygen atoms in total. The van der Waals surface area contributed by atoms with E-state index in [4.69, 9.17) is 9.47 Å². The van der Waals surface area contributed by atoms with E-state index in [9.17, 15) is 14.4 Å². The highest BCUT2D eigenvalue weighted by atomic mass is 16.5. The summed E-state index contributed by atoms with van der Waals surface area (Å²) in [5.74, 6) is 0.783. The van der Waals surface area contributed by atoms with E-state index in [1.54, 1.807) is 19.1 Å². The van der Waals surface area contributed by atoms with E-state index in [1.165, 1.54) is 4.90 Å². The number of methoxy groups -OCH3 is 2. The highest BCUT2D eigenvalue weighted by Crippen LogP contribution is 2.33. The second kappa shape index (κ2) is 9.30. The molecular formula is C24H27N3O5. The number of urea groups is 1. The molecule has 1 saturated heterocycles. The van der Waals surface area contributed by atoms with Gasteiger partial charge in [-0.1, -0.05) is 30.3 Å². The van der Waals surface area contributed by atoms with Crippen molar-refractivity contribution in [2.45, 2.75) is 31.8 Å². The van der Waals surface area contributed by atoms with Crippen molar-refractivity contribution in [3.05, 3.63) is 59.2 Å². The molecular weight excluding hydrogens is 410 g/mol. The Morgan fingerprint density at radius 1 is 1.06 bits per heavy atom. The molecule has 0 bridgehead atoms. The third-order valence-electron chi connectivity index (χ3n) is 6.02. The number of nitrogens with zero attached hydrogens (tertiary/aromatic N) is 2. The lowest BCUT2D eigenvalue weighted by Crippen LogP contribution is -2.41. The Bertz CT molecular complexity index is 1020. The van der Waals surface area contributed by atoms with Crippen LogP contribution in [0.3, 0.4) is 0 Å². The summed E-state index contributed by atoms with van der Waals surface area (Å²) in [5.41, 5.74) is 3.16. The highest BCUT2D eigenvalue weighted by molar-refractivity contribution is 6.05. The molecule has 1 atom stereocenters. The van der Waals surface area contributed by atoms with Crippen LogP contribution >= 0.6 is 0 Å². The van der Waals surface area contributed by atoms with Gasteiger partial charge in [-0.3, -0.25) is 14.5 Å². The molecule has 0 radical (unpaired) electrons. The zero-order chi connectivity index (χ0) is 22.7. The van der Waals surface area contributed by atoms with Crippen molar-refractivity contribution < 1.29 is 23.9 Å². The average molecular weight is 437 g/mol. The van der Waals surface area contributed by atoms with Gasteiger partial charge < -0.3 is 19.7 Å². The Morgan fingerprint density at radius 2 is 1.75 bits per heavy atom. The van der Waals surface area contributed by atoms with E-state index in [1.807, 2.05) is 42.5 Å². The van der Waals surface area contributed by atoms with Crippen molar-refractivity contribution in [1.82, 2.24) is 15.1 Å². The number of ether oxygens (including phenoxy) is 2. The first kappa shape index (κ1) is 21.7. The van der Waals surface area contributed by atoms with Crippen LogP contribution in [0.1, 0.15) is 23.1 Å². The molecule has 2 aromatic carbocycles. The molecule has 1 N–H and O–H groups in total. The highest BCUT2D eigenvalue weighted by Gasteiger charge is 2.39. The van der Waals surface area contributed by atoms with Crippen LogP contribution in [0.25, 0.3) is 0 Å². The fraction of sp³-hybridized carbons (Fsp3) is 0.375. The summed E-state index contributed by atoms with van der Waals surface area (Å²) in [6.07, 6.45) is 1.22. The van der Waals surface area contributed by atoms with E-state index >= 15 is 0 Å². The second-order valence-corrected chi connectivity index (χ2v) is 7.97. The van der Waals surface area contributed by atoms with E-state index in [0.717, 1.165) is 16.7 Å². The molecule has 0 spiro atoms. The lowest BCUT2D eigenvalue weighted by atomic mass is 9.98. The molecule has 0 aromatic heterocycles. The van der Waals surface area contributed by atoms with Gasteiger partial charge in [0.05, 0.1) is 20.6 Å². The van der Waals surface area contributed by atoms with Gasteiger partial charge in [-0.05, 0) is 41.7 Å². The van der Waals surface area contributed by atoms with Crippen LogP contribution in [-0.4, -0.2) is 61.0 Å². The number of hydrogen-bond donors (Lipinski definition) is 1. The zero-order valence-corrected chi connectivity index (χ0v) is 18.3. The number of nitrogens with one attached hydrogen (secondary N) is 1. The maximum absolute atomic E-state index is 12.9. The first-order chi connectivity index (χ1) is 15.5. The molecule has 168 valence electrons. The molecule has 0 aliphatic carbocycles. The van der Waals surface area contributed by atoms with Crippen LogP contribution in [-0.2, 0) is 29.0 Å². The van der Waals surface area contributed by atoms with Crippen molar-refractivity contribution >= 4 is 17.8 Å². The summed E-state index contributed by atoms with van der Waals surface area (Å²) in [6, 6.07) is 12.3. The summed E-state index contributed by atoms with van der Waals surface area (Å²) >= 11 is 0. The molecule has 4 amide bonds. The van der Waals surface area contributed by atoms with Crippen LogP contribution < -0.4 is 14.8 Å². The topological polar surface area (TPSA) is 88.2 Å². The number of fused-ring (bicyclic) bond motifs is 1. The quantitative estimate of drug-likeness (QED) is 0.671. The van der Waals surface area contributed by atoms with Gasteiger partial charge >= 0.3 is 6.03 Å². The molecule has 2 aromatic rings. The molecule has 0 saturated carbocycles. The molecule has 2 aliphatic heterocycles. The van der Waals surface area contributed by atoms with Crippen LogP contribution in [0.15, 0.2) is 42.5 Å². The first-order valence-corrected chi connectivity index (χ1v) is 10.7. The number of carbonyl (C=O) groups is 3. The zero-order valence-electron chi connectivity index (χ0n) is 18.3. The van der Waals surface area contributed by atoms with Gasteiger partial charge in [0.2, 0.25) is 5.91 Å². The summed E-state index contributed by atoms with van der Waals surface area (Å²) in [6.45, 7) is 1.27. The molecule has 2 heterocycles. The monoisotopic (exact) mass is 437 g/mol. The Labute approximate surface area is 187 Å². The molecule has 2 aliphatic rings. The normalized spacial score (nSPS) is 17.8. The SMILES string of the molecule is COc1cc2c(cc1OC)CN(C(=O)CC1NC(=O)N(CCc3ccccc3)C1=O)CC2. The molecule has 1 fully saturated rings. The Balaban J connectivity index is 1.37. The summed E-state index contributed by atoms with van der Waals surface area (Å²) in [5, 5.41) is 2.67. The van der Waals surface area contributed by atoms with Gasteiger partial charge in [0.1, 0.15) is 6.04 Å². The number of amides is 4. The second-order valence-electron chi connectivity index (χ2n) is 7.97. The van der Waals surface area contributed by atoms with Crippen molar-refractivity contribution in [3.8, 4) is 11.5 Å². The molecule has 4 rings (SSSR count). The summed E-state index contributed by atoms with van der Waals surface area (Å²) in [4.78, 5) is 40.9. The Kier molecular flexibility index (Phi) is 6.30. The number of benzene rings is 2. The number of hydrogen-bond acceptors (Lipinski definition) is 5. The largest absolute Gasteiger partial charge is 0.493 e. The lowest BCUT2D eigenvalue weighted by Gasteiger charge is -2.30. The average Bonchev–Trinajstić information content (AvgIpc) is 3.08. The maximum Gasteiger partial charge on any atom is 0.324 e. The van der Waals surface area contributed by atoms with Crippen molar-refractivity contribution in [2.75, 3.05) is 27.3 Å². The van der Waals surface area contributed by atoms with Gasteiger partial charge in [-0.2, -0.15) is 0 Å². The van der Waals surface area contributed by atoms with Gasteiger partial charge in [0, 0.05) is 19.6 Å². The van der Waals surface area contributed by atoms with Gasteiger partial charge in [0.25, 0.3) is 5.91 Å². The predicted octanol–water partition coefficient (Wildman–Crippen LogP) is 2.14. The number of carbonyl (C=O) groups excluding carboxylic acids is 3. The molecule has 32 heavy (non-hydrogen) atoms. The van der Waals surface area contributed by atoms with E-state index in [2.05, 4.69) is 5.32 Å². The summed E-state index contributed by atoms with van der Waals surface area (Å²) in [7, 11) is 3.17. The van der Waals surface area contributed by atoms with Gasteiger partial charge in [0.15, 0.2) is 11.5 Å². The van der Waals surface area contributed by atoms with Gasteiger partial charge in [-0.15, -0.1) is 0 Å². The minimum atomic E-state index is -0.822. The third-order valence-corrected chi connectivity index (χ3v) is 6.02. The van der Waals surface area contributed by atoms with Crippen LogP contribution in [0.4, 0.5) is 4.79 Å². The van der Waals surface area contributed by atoms with Crippen molar-refractivity contribution in [3.63, 3.8) is 0 Å². The van der Waals surface area contributed by atoms with E-state index in [-0.39, 0.29) is 24.8 Å². The molecule has 1 unspecified atom stereocenters. The van der Waals surface area contributed by atoms with E-state index in [0.29, 0.717) is 37.4 Å². The van der Waals surface area contributed by atoms with E-state index < -0.39 is 12.1 Å².